The fourth-order valence-electron chi connectivity index (χ4n) is 3.54. The molecule has 1 aliphatic heterocycles. The molecule has 0 unspecified atom stereocenters. The molecule has 1 fully saturated rings. The lowest BCUT2D eigenvalue weighted by atomic mass is 9.85. The molecule has 0 bridgehead atoms. The molecule has 0 aliphatic carbocycles. The van der Waals surface area contributed by atoms with Gasteiger partial charge in [-0.1, -0.05) is 36.4 Å². The van der Waals surface area contributed by atoms with Gasteiger partial charge in [-0.3, -0.25) is 4.79 Å². The van der Waals surface area contributed by atoms with E-state index in [1.807, 2.05) is 24.3 Å². The molecule has 3 rings (SSSR count). The summed E-state index contributed by atoms with van der Waals surface area (Å²) in [5.74, 6) is -1.03. The Bertz CT molecular complexity index is 817. The average Bonchev–Trinajstić information content (AvgIpc) is 3.18. The van der Waals surface area contributed by atoms with Crippen molar-refractivity contribution in [3.63, 3.8) is 0 Å². The van der Waals surface area contributed by atoms with Gasteiger partial charge in [-0.15, -0.1) is 0 Å². The number of benzene rings is 2. The first kappa shape index (κ1) is 20.2. The van der Waals surface area contributed by atoms with Gasteiger partial charge in [-0.25, -0.2) is 0 Å². The molecule has 28 heavy (non-hydrogen) atoms. The van der Waals surface area contributed by atoms with Crippen LogP contribution in [0.25, 0.3) is 11.1 Å². The second-order valence-corrected chi connectivity index (χ2v) is 7.03. The van der Waals surface area contributed by atoms with Gasteiger partial charge >= 0.3 is 12.1 Å². The highest BCUT2D eigenvalue weighted by Crippen LogP contribution is 2.28. The van der Waals surface area contributed by atoms with E-state index in [0.717, 1.165) is 29.7 Å². The van der Waals surface area contributed by atoms with Crippen LogP contribution in [0.4, 0.5) is 13.2 Å². The maximum Gasteiger partial charge on any atom is 0.422 e. The number of carboxylic acid groups (broad SMARTS) is 1. The third-order valence-electron chi connectivity index (χ3n) is 4.94. The molecule has 2 aromatic rings. The van der Waals surface area contributed by atoms with Gasteiger partial charge in [0.1, 0.15) is 5.75 Å². The highest BCUT2D eigenvalue weighted by atomic mass is 19.4. The summed E-state index contributed by atoms with van der Waals surface area (Å²) < 4.78 is 41.9. The second-order valence-electron chi connectivity index (χ2n) is 7.03. The van der Waals surface area contributed by atoms with Crippen LogP contribution in [0.15, 0.2) is 48.5 Å². The van der Waals surface area contributed by atoms with Crippen LogP contribution in [-0.4, -0.2) is 36.9 Å². The Labute approximate surface area is 161 Å². The summed E-state index contributed by atoms with van der Waals surface area (Å²) in [6.07, 6.45) is -3.13. The van der Waals surface area contributed by atoms with Gasteiger partial charge in [-0.2, -0.15) is 13.2 Å². The topological polar surface area (TPSA) is 58.6 Å². The first-order valence-corrected chi connectivity index (χ1v) is 9.14. The predicted molar refractivity (Wildman–Crippen MR) is 99.2 cm³/mol. The molecular weight excluding hydrogens is 371 g/mol. The van der Waals surface area contributed by atoms with Gasteiger partial charge in [0.15, 0.2) is 6.61 Å². The first-order valence-electron chi connectivity index (χ1n) is 9.14. The Morgan fingerprint density at radius 2 is 1.89 bits per heavy atom. The molecule has 1 saturated heterocycles. The molecule has 150 valence electrons. The smallest absolute Gasteiger partial charge is 0.422 e. The molecule has 2 atom stereocenters. The fourth-order valence-corrected chi connectivity index (χ4v) is 3.54. The zero-order valence-electron chi connectivity index (χ0n) is 15.2. The minimum absolute atomic E-state index is 0.0975. The summed E-state index contributed by atoms with van der Waals surface area (Å²) in [4.78, 5) is 11.7. The molecule has 7 heteroatoms. The SMILES string of the molecule is O=C(O)[C@@H](Cc1cccc(-c2cccc(OCC(F)(F)F)c2)c1)[C@H]1CCNC1. The van der Waals surface area contributed by atoms with Gasteiger partial charge in [0.05, 0.1) is 5.92 Å². The van der Waals surface area contributed by atoms with Crippen molar-refractivity contribution in [2.24, 2.45) is 11.8 Å². The Kier molecular flexibility index (Phi) is 6.24. The number of ether oxygens (including phenoxy) is 1. The van der Waals surface area contributed by atoms with Crippen molar-refractivity contribution in [3.8, 4) is 16.9 Å². The molecule has 2 N–H and O–H groups in total. The maximum absolute atomic E-state index is 12.4. The van der Waals surface area contributed by atoms with E-state index < -0.39 is 24.7 Å². The van der Waals surface area contributed by atoms with Crippen LogP contribution in [0, 0.1) is 11.8 Å². The molecule has 1 aliphatic rings. The molecule has 0 radical (unpaired) electrons. The highest BCUT2D eigenvalue weighted by Gasteiger charge is 2.30. The van der Waals surface area contributed by atoms with Crippen molar-refractivity contribution in [2.45, 2.75) is 19.0 Å². The maximum atomic E-state index is 12.4. The molecule has 1 heterocycles. The first-order chi connectivity index (χ1) is 13.3. The van der Waals surface area contributed by atoms with Crippen molar-refractivity contribution in [2.75, 3.05) is 19.7 Å². The van der Waals surface area contributed by atoms with Crippen LogP contribution in [0.1, 0.15) is 12.0 Å². The summed E-state index contributed by atoms with van der Waals surface area (Å²) in [7, 11) is 0. The third kappa shape index (κ3) is 5.48. The van der Waals surface area contributed by atoms with Crippen molar-refractivity contribution in [3.05, 3.63) is 54.1 Å². The van der Waals surface area contributed by atoms with E-state index >= 15 is 0 Å². The number of carbonyl (C=O) groups is 1. The summed E-state index contributed by atoms with van der Waals surface area (Å²) >= 11 is 0. The Morgan fingerprint density at radius 1 is 1.18 bits per heavy atom. The number of alkyl halides is 3. The second kappa shape index (κ2) is 8.65. The number of rotatable bonds is 7. The monoisotopic (exact) mass is 393 g/mol. The van der Waals surface area contributed by atoms with E-state index in [1.165, 1.54) is 6.07 Å². The lowest BCUT2D eigenvalue weighted by molar-refractivity contribution is -0.153. The molecule has 0 saturated carbocycles. The number of carboxylic acids is 1. The van der Waals surface area contributed by atoms with Crippen LogP contribution in [0.3, 0.4) is 0 Å². The Morgan fingerprint density at radius 3 is 2.54 bits per heavy atom. The van der Waals surface area contributed by atoms with Crippen molar-refractivity contribution >= 4 is 5.97 Å². The van der Waals surface area contributed by atoms with Crippen LogP contribution in [0.5, 0.6) is 5.75 Å². The number of halogens is 3. The Balaban J connectivity index is 1.76. The summed E-state index contributed by atoms with van der Waals surface area (Å²) in [6.45, 7) is 0.195. The van der Waals surface area contributed by atoms with Crippen LogP contribution >= 0.6 is 0 Å². The normalized spacial score (nSPS) is 18.0. The number of aliphatic carboxylic acids is 1. The van der Waals surface area contributed by atoms with E-state index in [9.17, 15) is 23.1 Å². The minimum Gasteiger partial charge on any atom is -0.484 e. The predicted octanol–water partition coefficient (Wildman–Crippen LogP) is 4.15. The minimum atomic E-state index is -4.39. The Hall–Kier alpha value is -2.54. The molecule has 0 spiro atoms. The molecule has 2 aromatic carbocycles. The highest BCUT2D eigenvalue weighted by molar-refractivity contribution is 5.71. The van der Waals surface area contributed by atoms with Crippen LogP contribution < -0.4 is 10.1 Å². The molecule has 4 nitrogen and oxygen atoms in total. The van der Waals surface area contributed by atoms with Crippen molar-refractivity contribution in [1.29, 1.82) is 0 Å². The fraction of sp³-hybridized carbons (Fsp3) is 0.381. The summed E-state index contributed by atoms with van der Waals surface area (Å²) in [5.41, 5.74) is 2.41. The van der Waals surface area contributed by atoms with E-state index in [4.69, 9.17) is 4.74 Å². The van der Waals surface area contributed by atoms with Crippen molar-refractivity contribution < 1.29 is 27.8 Å². The van der Waals surface area contributed by atoms with Gasteiger partial charge in [0.25, 0.3) is 0 Å². The molecule has 0 aromatic heterocycles. The average molecular weight is 393 g/mol. The lowest BCUT2D eigenvalue weighted by Crippen LogP contribution is -2.27. The van der Waals surface area contributed by atoms with E-state index in [1.54, 1.807) is 18.2 Å². The molecular formula is C21H22F3NO3. The van der Waals surface area contributed by atoms with Crippen LogP contribution in [0.2, 0.25) is 0 Å². The molecule has 0 amide bonds. The largest absolute Gasteiger partial charge is 0.484 e. The van der Waals surface area contributed by atoms with Gasteiger partial charge < -0.3 is 15.2 Å². The van der Waals surface area contributed by atoms with Gasteiger partial charge in [-0.05, 0) is 60.7 Å². The number of hydrogen-bond donors (Lipinski definition) is 2. The van der Waals surface area contributed by atoms with E-state index in [-0.39, 0.29) is 11.7 Å². The summed E-state index contributed by atoms with van der Waals surface area (Å²) in [5, 5.41) is 12.8. The zero-order chi connectivity index (χ0) is 20.1. The summed E-state index contributed by atoms with van der Waals surface area (Å²) in [6, 6.07) is 13.9. The lowest BCUT2D eigenvalue weighted by Gasteiger charge is -2.19. The number of nitrogens with one attached hydrogen (secondary N) is 1. The quantitative estimate of drug-likeness (QED) is 0.742. The van der Waals surface area contributed by atoms with Crippen molar-refractivity contribution in [1.82, 2.24) is 5.32 Å². The van der Waals surface area contributed by atoms with Gasteiger partial charge in [0.2, 0.25) is 0 Å². The standard InChI is InChI=1S/C21H22F3NO3/c22-21(23,24)13-28-18-6-2-5-16(11-18)15-4-1-3-14(9-15)10-19(20(26)27)17-7-8-25-12-17/h1-6,9,11,17,19,25H,7-8,10,12-13H2,(H,26,27)/t17-,19-/m0/s1. The van der Waals surface area contributed by atoms with Crippen LogP contribution in [-0.2, 0) is 11.2 Å². The zero-order valence-corrected chi connectivity index (χ0v) is 15.2. The number of hydrogen-bond acceptors (Lipinski definition) is 3. The van der Waals surface area contributed by atoms with Gasteiger partial charge in [0, 0.05) is 0 Å². The van der Waals surface area contributed by atoms with E-state index in [0.29, 0.717) is 13.0 Å². The third-order valence-corrected chi connectivity index (χ3v) is 4.94. The van der Waals surface area contributed by atoms with E-state index in [2.05, 4.69) is 5.32 Å².